The van der Waals surface area contributed by atoms with Crippen molar-refractivity contribution in [3.8, 4) is 0 Å². The molecule has 0 aliphatic heterocycles. The second-order valence-electron chi connectivity index (χ2n) is 9.73. The summed E-state index contributed by atoms with van der Waals surface area (Å²) < 4.78 is 0. The van der Waals surface area contributed by atoms with Crippen LogP contribution in [-0.2, 0) is 11.2 Å². The first-order chi connectivity index (χ1) is 14.8. The molecule has 0 unspecified atom stereocenters. The summed E-state index contributed by atoms with van der Waals surface area (Å²) in [5, 5.41) is 21.0. The van der Waals surface area contributed by atoms with Gasteiger partial charge in [-0.3, -0.25) is 4.79 Å². The summed E-state index contributed by atoms with van der Waals surface area (Å²) in [4.78, 5) is 13.3. The van der Waals surface area contributed by atoms with Crippen molar-refractivity contribution in [2.24, 2.45) is 17.8 Å². The lowest BCUT2D eigenvalue weighted by Gasteiger charge is -2.19. The van der Waals surface area contributed by atoms with Crippen molar-refractivity contribution in [2.45, 2.75) is 70.5 Å². The molecule has 0 saturated heterocycles. The summed E-state index contributed by atoms with van der Waals surface area (Å²) in [6.07, 6.45) is 12.9. The van der Waals surface area contributed by atoms with Gasteiger partial charge in [0.2, 0.25) is 5.91 Å². The van der Waals surface area contributed by atoms with Gasteiger partial charge in [-0.1, -0.05) is 60.1 Å². The van der Waals surface area contributed by atoms with E-state index in [9.17, 15) is 15.0 Å². The zero-order chi connectivity index (χ0) is 22.4. The topological polar surface area (TPSA) is 60.8 Å². The monoisotopic (exact) mass is 425 g/mol. The van der Waals surface area contributed by atoms with Gasteiger partial charge < -0.3 is 15.1 Å². The normalized spacial score (nSPS) is 26.2. The zero-order valence-corrected chi connectivity index (χ0v) is 19.3. The molecule has 31 heavy (non-hydrogen) atoms. The van der Waals surface area contributed by atoms with Crippen molar-refractivity contribution < 1.29 is 15.0 Å². The number of aryl methyl sites for hydroxylation is 1. The van der Waals surface area contributed by atoms with Crippen LogP contribution in [0.3, 0.4) is 0 Å². The molecule has 0 spiro atoms. The fourth-order valence-electron chi connectivity index (χ4n) is 5.22. The van der Waals surface area contributed by atoms with Crippen LogP contribution in [0.25, 0.3) is 0 Å². The molecule has 2 N–H and O–H groups in total. The largest absolute Gasteiger partial charge is 0.392 e. The molecular formula is C27H39NO3. The van der Waals surface area contributed by atoms with Crippen molar-refractivity contribution in [1.82, 2.24) is 4.90 Å². The molecule has 1 aromatic carbocycles. The Morgan fingerprint density at radius 1 is 1.26 bits per heavy atom. The van der Waals surface area contributed by atoms with Gasteiger partial charge in [-0.2, -0.15) is 0 Å². The highest BCUT2D eigenvalue weighted by atomic mass is 16.3. The predicted octanol–water partition coefficient (Wildman–Crippen LogP) is 4.44. The summed E-state index contributed by atoms with van der Waals surface area (Å²) in [5.74, 6) is 1.26. The second kappa shape index (κ2) is 11.1. The smallest absolute Gasteiger partial charge is 0.222 e. The minimum Gasteiger partial charge on any atom is -0.392 e. The number of amides is 1. The number of allylic oxidation sites excluding steroid dienone is 2. The first-order valence-electron chi connectivity index (χ1n) is 11.8. The van der Waals surface area contributed by atoms with E-state index in [0.29, 0.717) is 24.7 Å². The highest BCUT2D eigenvalue weighted by Crippen LogP contribution is 2.48. The molecule has 1 saturated carbocycles. The van der Waals surface area contributed by atoms with Gasteiger partial charge in [-0.15, -0.1) is 0 Å². The van der Waals surface area contributed by atoms with Gasteiger partial charge in [0, 0.05) is 32.9 Å². The average Bonchev–Trinajstić information content (AvgIpc) is 3.22. The molecule has 2 aliphatic carbocycles. The molecule has 4 heteroatoms. The highest BCUT2D eigenvalue weighted by Gasteiger charge is 2.43. The third-order valence-corrected chi connectivity index (χ3v) is 6.92. The van der Waals surface area contributed by atoms with E-state index in [0.717, 1.165) is 44.1 Å². The van der Waals surface area contributed by atoms with E-state index < -0.39 is 6.10 Å². The number of benzene rings is 1. The van der Waals surface area contributed by atoms with Crippen LogP contribution >= 0.6 is 0 Å². The van der Waals surface area contributed by atoms with E-state index in [4.69, 9.17) is 0 Å². The zero-order valence-electron chi connectivity index (χ0n) is 19.3. The first-order valence-corrected chi connectivity index (χ1v) is 11.8. The number of nitrogens with zero attached hydrogens (tertiary/aromatic N) is 1. The Hall–Kier alpha value is -1.91. The summed E-state index contributed by atoms with van der Waals surface area (Å²) in [6.45, 7) is 2.06. The number of carbonyl (C=O) groups is 1. The fraction of sp³-hybridized carbons (Fsp3) is 0.593. The Kier molecular flexibility index (Phi) is 8.50. The lowest BCUT2D eigenvalue weighted by Crippen LogP contribution is -2.20. The Balaban J connectivity index is 1.44. The van der Waals surface area contributed by atoms with Gasteiger partial charge in [-0.05, 0) is 56.4 Å². The molecule has 0 aromatic heterocycles. The SMILES string of the molecule is Cc1cccc(C[C@@H](O)/C=C/[C@@H]2[C@H]3CC(CCCCCC(=O)N(C)C)=C[C@H]3C[C@H]2O)c1. The molecule has 0 heterocycles. The minimum atomic E-state index is -0.522. The van der Waals surface area contributed by atoms with Crippen molar-refractivity contribution in [3.63, 3.8) is 0 Å². The molecule has 2 aliphatic rings. The third-order valence-electron chi connectivity index (χ3n) is 6.92. The van der Waals surface area contributed by atoms with Gasteiger partial charge >= 0.3 is 0 Å². The summed E-state index contributed by atoms with van der Waals surface area (Å²) in [5.41, 5.74) is 3.86. The van der Waals surface area contributed by atoms with E-state index in [2.05, 4.69) is 31.2 Å². The summed E-state index contributed by atoms with van der Waals surface area (Å²) >= 11 is 0. The number of hydrogen-bond donors (Lipinski definition) is 2. The van der Waals surface area contributed by atoms with Crippen LogP contribution in [0.5, 0.6) is 0 Å². The molecule has 170 valence electrons. The van der Waals surface area contributed by atoms with Crippen molar-refractivity contribution >= 4 is 5.91 Å². The van der Waals surface area contributed by atoms with E-state index in [1.807, 2.05) is 32.3 Å². The van der Waals surface area contributed by atoms with Crippen LogP contribution in [0.4, 0.5) is 0 Å². The van der Waals surface area contributed by atoms with E-state index >= 15 is 0 Å². The number of unbranched alkanes of at least 4 members (excludes halogenated alkanes) is 2. The van der Waals surface area contributed by atoms with Crippen LogP contribution in [0.1, 0.15) is 56.1 Å². The molecule has 0 bridgehead atoms. The Morgan fingerprint density at radius 2 is 2.06 bits per heavy atom. The van der Waals surface area contributed by atoms with Gasteiger partial charge in [0.05, 0.1) is 12.2 Å². The quantitative estimate of drug-likeness (QED) is 0.430. The van der Waals surface area contributed by atoms with Crippen LogP contribution in [-0.4, -0.2) is 47.3 Å². The maximum Gasteiger partial charge on any atom is 0.222 e. The molecule has 5 atom stereocenters. The molecular weight excluding hydrogens is 386 g/mol. The number of fused-ring (bicyclic) bond motifs is 1. The molecule has 4 nitrogen and oxygen atoms in total. The minimum absolute atomic E-state index is 0.128. The highest BCUT2D eigenvalue weighted by molar-refractivity contribution is 5.75. The average molecular weight is 426 g/mol. The Morgan fingerprint density at radius 3 is 2.81 bits per heavy atom. The van der Waals surface area contributed by atoms with Gasteiger partial charge in [-0.25, -0.2) is 0 Å². The van der Waals surface area contributed by atoms with Crippen molar-refractivity contribution in [2.75, 3.05) is 14.1 Å². The summed E-state index contributed by atoms with van der Waals surface area (Å²) in [6, 6.07) is 8.25. The molecule has 1 fully saturated rings. The van der Waals surface area contributed by atoms with Crippen molar-refractivity contribution in [3.05, 3.63) is 59.2 Å². The van der Waals surface area contributed by atoms with Gasteiger partial charge in [0.1, 0.15) is 0 Å². The molecule has 3 rings (SSSR count). The molecule has 1 amide bonds. The first kappa shape index (κ1) is 23.7. The fourth-order valence-corrected chi connectivity index (χ4v) is 5.22. The number of aliphatic hydroxyl groups is 2. The van der Waals surface area contributed by atoms with Crippen LogP contribution < -0.4 is 0 Å². The molecule has 0 radical (unpaired) electrons. The van der Waals surface area contributed by atoms with Gasteiger partial charge in [0.15, 0.2) is 0 Å². The maximum absolute atomic E-state index is 11.7. The van der Waals surface area contributed by atoms with Crippen LogP contribution in [0.2, 0.25) is 0 Å². The number of rotatable bonds is 10. The second-order valence-corrected chi connectivity index (χ2v) is 9.73. The van der Waals surface area contributed by atoms with Crippen LogP contribution in [0, 0.1) is 24.7 Å². The predicted molar refractivity (Wildman–Crippen MR) is 126 cm³/mol. The van der Waals surface area contributed by atoms with E-state index in [1.165, 1.54) is 11.1 Å². The summed E-state index contributed by atoms with van der Waals surface area (Å²) in [7, 11) is 3.62. The lowest BCUT2D eigenvalue weighted by molar-refractivity contribution is -0.128. The molecule has 1 aromatic rings. The Labute approximate surface area is 187 Å². The standard InChI is InChI=1S/C27H39NO3/c1-19-8-7-10-20(14-19)16-23(29)12-13-24-25-17-21(15-22(25)18-26(24)30)9-5-4-6-11-27(31)28(2)3/h7-8,10,12-15,22-26,29-30H,4-6,9,11,16-18H2,1-3H3/b13-12+/t22-,23-,24+,25-,26+/m0/s1. The van der Waals surface area contributed by atoms with Crippen molar-refractivity contribution in [1.29, 1.82) is 0 Å². The number of hydrogen-bond acceptors (Lipinski definition) is 3. The van der Waals surface area contributed by atoms with E-state index in [1.54, 1.807) is 4.90 Å². The number of carbonyl (C=O) groups excluding carboxylic acids is 1. The number of aliphatic hydroxyl groups excluding tert-OH is 2. The lowest BCUT2D eigenvalue weighted by atomic mass is 9.88. The Bertz CT molecular complexity index is 797. The van der Waals surface area contributed by atoms with Gasteiger partial charge in [0.25, 0.3) is 0 Å². The van der Waals surface area contributed by atoms with Crippen LogP contribution in [0.15, 0.2) is 48.1 Å². The third kappa shape index (κ3) is 6.78. The maximum atomic E-state index is 11.7. The van der Waals surface area contributed by atoms with E-state index in [-0.39, 0.29) is 17.9 Å².